The fourth-order valence-electron chi connectivity index (χ4n) is 1.70. The molecule has 0 atom stereocenters. The second kappa shape index (κ2) is 5.64. The van der Waals surface area contributed by atoms with E-state index in [0.717, 1.165) is 5.82 Å². The number of hydrogen-bond donors (Lipinski definition) is 1. The van der Waals surface area contributed by atoms with Crippen LogP contribution in [0.25, 0.3) is 0 Å². The van der Waals surface area contributed by atoms with Gasteiger partial charge >= 0.3 is 0 Å². The number of benzene rings is 1. The minimum absolute atomic E-state index is 0.200. The third-order valence-electron chi connectivity index (χ3n) is 2.64. The molecule has 0 aliphatic rings. The van der Waals surface area contributed by atoms with E-state index in [4.69, 9.17) is 9.84 Å². The molecule has 2 rings (SSSR count). The Morgan fingerprint density at radius 3 is 2.89 bits per heavy atom. The van der Waals surface area contributed by atoms with Crippen molar-refractivity contribution < 1.29 is 14.2 Å². The zero-order valence-electron chi connectivity index (χ0n) is 10.1. The minimum Gasteiger partial charge on any atom is -0.492 e. The Morgan fingerprint density at radius 1 is 1.39 bits per heavy atom. The maximum Gasteiger partial charge on any atom is 0.127 e. The van der Waals surface area contributed by atoms with Crippen molar-refractivity contribution >= 4 is 0 Å². The first-order valence-electron chi connectivity index (χ1n) is 5.70. The largest absolute Gasteiger partial charge is 0.492 e. The van der Waals surface area contributed by atoms with E-state index in [0.29, 0.717) is 24.5 Å². The normalized spacial score (nSPS) is 10.6. The van der Waals surface area contributed by atoms with E-state index in [1.807, 2.05) is 17.7 Å². The Kier molecular flexibility index (Phi) is 3.94. The molecule has 0 spiro atoms. The number of aliphatic hydroxyl groups is 1. The highest BCUT2D eigenvalue weighted by molar-refractivity contribution is 5.29. The standard InChI is InChI=1S/C13H15FN2O2/c1-10-15-2-3-16(10)4-5-18-13-7-11(9-17)6-12(14)8-13/h2-3,6-8,17H,4-5,9H2,1H3. The molecule has 0 unspecified atom stereocenters. The van der Waals surface area contributed by atoms with Gasteiger partial charge in [0.05, 0.1) is 13.2 Å². The molecule has 0 bridgehead atoms. The van der Waals surface area contributed by atoms with Crippen molar-refractivity contribution in [2.45, 2.75) is 20.1 Å². The van der Waals surface area contributed by atoms with E-state index in [1.54, 1.807) is 12.3 Å². The van der Waals surface area contributed by atoms with Crippen LogP contribution in [0.1, 0.15) is 11.4 Å². The molecule has 18 heavy (non-hydrogen) atoms. The van der Waals surface area contributed by atoms with Gasteiger partial charge in [-0.3, -0.25) is 0 Å². The second-order valence-electron chi connectivity index (χ2n) is 3.97. The number of nitrogens with zero attached hydrogens (tertiary/aromatic N) is 2. The lowest BCUT2D eigenvalue weighted by Gasteiger charge is -2.09. The Hall–Kier alpha value is -1.88. The van der Waals surface area contributed by atoms with Crippen LogP contribution in [0.15, 0.2) is 30.6 Å². The predicted molar refractivity (Wildman–Crippen MR) is 64.8 cm³/mol. The molecule has 0 radical (unpaired) electrons. The summed E-state index contributed by atoms with van der Waals surface area (Å²) in [4.78, 5) is 4.10. The Balaban J connectivity index is 1.94. The Bertz CT molecular complexity index is 525. The maximum atomic E-state index is 13.2. The van der Waals surface area contributed by atoms with Crippen molar-refractivity contribution in [2.75, 3.05) is 6.61 Å². The minimum atomic E-state index is -0.407. The number of rotatable bonds is 5. The molecule has 0 fully saturated rings. The van der Waals surface area contributed by atoms with Crippen LogP contribution in [0.3, 0.4) is 0 Å². The Labute approximate surface area is 105 Å². The van der Waals surface area contributed by atoms with Crippen LogP contribution in [0.2, 0.25) is 0 Å². The third kappa shape index (κ3) is 3.07. The number of aliphatic hydroxyl groups excluding tert-OH is 1. The number of halogens is 1. The van der Waals surface area contributed by atoms with Crippen LogP contribution in [0, 0.1) is 12.7 Å². The number of ether oxygens (including phenoxy) is 1. The van der Waals surface area contributed by atoms with Gasteiger partial charge in [0.25, 0.3) is 0 Å². The number of aromatic nitrogens is 2. The van der Waals surface area contributed by atoms with Crippen molar-refractivity contribution in [1.82, 2.24) is 9.55 Å². The lowest BCUT2D eigenvalue weighted by atomic mass is 10.2. The van der Waals surface area contributed by atoms with Gasteiger partial charge in [-0.25, -0.2) is 9.37 Å². The van der Waals surface area contributed by atoms with E-state index in [9.17, 15) is 4.39 Å². The molecular formula is C13H15FN2O2. The van der Waals surface area contributed by atoms with Gasteiger partial charge in [0.1, 0.15) is 24.0 Å². The summed E-state index contributed by atoms with van der Waals surface area (Å²) in [5.74, 6) is 0.932. The molecule has 0 aliphatic carbocycles. The van der Waals surface area contributed by atoms with Gasteiger partial charge in [-0.1, -0.05) is 0 Å². The number of aryl methyl sites for hydroxylation is 1. The summed E-state index contributed by atoms with van der Waals surface area (Å²) in [5.41, 5.74) is 0.504. The van der Waals surface area contributed by atoms with Gasteiger partial charge in [-0.15, -0.1) is 0 Å². The van der Waals surface area contributed by atoms with Crippen molar-refractivity contribution in [2.24, 2.45) is 0 Å². The third-order valence-corrected chi connectivity index (χ3v) is 2.64. The van der Waals surface area contributed by atoms with Gasteiger partial charge in [-0.05, 0) is 24.6 Å². The summed E-state index contributed by atoms with van der Waals surface area (Å²) >= 11 is 0. The van der Waals surface area contributed by atoms with Crippen LogP contribution in [-0.4, -0.2) is 21.3 Å². The molecule has 2 aromatic rings. The predicted octanol–water partition coefficient (Wildman–Crippen LogP) is 1.90. The topological polar surface area (TPSA) is 47.3 Å². The van der Waals surface area contributed by atoms with E-state index in [2.05, 4.69) is 4.98 Å². The first-order valence-corrected chi connectivity index (χ1v) is 5.70. The zero-order valence-corrected chi connectivity index (χ0v) is 10.1. The second-order valence-corrected chi connectivity index (χ2v) is 3.97. The molecular weight excluding hydrogens is 235 g/mol. The van der Waals surface area contributed by atoms with Crippen molar-refractivity contribution in [3.8, 4) is 5.75 Å². The molecule has 5 heteroatoms. The van der Waals surface area contributed by atoms with Crippen LogP contribution in [-0.2, 0) is 13.2 Å². The zero-order chi connectivity index (χ0) is 13.0. The van der Waals surface area contributed by atoms with Gasteiger partial charge < -0.3 is 14.4 Å². The van der Waals surface area contributed by atoms with Gasteiger partial charge in [-0.2, -0.15) is 0 Å². The molecule has 0 saturated heterocycles. The van der Waals surface area contributed by atoms with Gasteiger partial charge in [0, 0.05) is 18.5 Å². The highest BCUT2D eigenvalue weighted by Gasteiger charge is 2.02. The highest BCUT2D eigenvalue weighted by Crippen LogP contribution is 2.16. The average Bonchev–Trinajstić information content (AvgIpc) is 2.74. The monoisotopic (exact) mass is 250 g/mol. The lowest BCUT2D eigenvalue weighted by Crippen LogP contribution is -2.09. The van der Waals surface area contributed by atoms with Crippen molar-refractivity contribution in [1.29, 1.82) is 0 Å². The fourth-order valence-corrected chi connectivity index (χ4v) is 1.70. The molecule has 1 N–H and O–H groups in total. The van der Waals surface area contributed by atoms with Crippen LogP contribution in [0.5, 0.6) is 5.75 Å². The summed E-state index contributed by atoms with van der Waals surface area (Å²) < 4.78 is 20.6. The molecule has 4 nitrogen and oxygen atoms in total. The highest BCUT2D eigenvalue weighted by atomic mass is 19.1. The fraction of sp³-hybridized carbons (Fsp3) is 0.308. The smallest absolute Gasteiger partial charge is 0.127 e. The summed E-state index contributed by atoms with van der Waals surface area (Å²) in [6.07, 6.45) is 3.59. The van der Waals surface area contributed by atoms with E-state index in [1.165, 1.54) is 12.1 Å². The molecule has 1 aromatic carbocycles. The average molecular weight is 250 g/mol. The van der Waals surface area contributed by atoms with E-state index in [-0.39, 0.29) is 6.61 Å². The number of hydrogen-bond acceptors (Lipinski definition) is 3. The molecule has 0 amide bonds. The molecule has 96 valence electrons. The SMILES string of the molecule is Cc1nccn1CCOc1cc(F)cc(CO)c1. The quantitative estimate of drug-likeness (QED) is 0.881. The summed E-state index contributed by atoms with van der Waals surface area (Å²) in [6, 6.07) is 4.22. The summed E-state index contributed by atoms with van der Waals surface area (Å²) in [7, 11) is 0. The van der Waals surface area contributed by atoms with Gasteiger partial charge in [0.2, 0.25) is 0 Å². The van der Waals surface area contributed by atoms with Gasteiger partial charge in [0.15, 0.2) is 0 Å². The van der Waals surface area contributed by atoms with E-state index < -0.39 is 5.82 Å². The summed E-state index contributed by atoms with van der Waals surface area (Å²) in [5, 5.41) is 8.96. The van der Waals surface area contributed by atoms with Crippen LogP contribution in [0.4, 0.5) is 4.39 Å². The summed E-state index contributed by atoms with van der Waals surface area (Å²) in [6.45, 7) is 2.78. The molecule has 0 aliphatic heterocycles. The van der Waals surface area contributed by atoms with Crippen molar-refractivity contribution in [3.05, 3.63) is 47.8 Å². The van der Waals surface area contributed by atoms with Crippen LogP contribution < -0.4 is 4.74 Å². The van der Waals surface area contributed by atoms with Crippen LogP contribution >= 0.6 is 0 Å². The lowest BCUT2D eigenvalue weighted by molar-refractivity contribution is 0.275. The Morgan fingerprint density at radius 2 is 2.22 bits per heavy atom. The van der Waals surface area contributed by atoms with Crippen molar-refractivity contribution in [3.63, 3.8) is 0 Å². The molecule has 0 saturated carbocycles. The molecule has 1 aromatic heterocycles. The molecule has 1 heterocycles. The first-order chi connectivity index (χ1) is 8.69. The first kappa shape index (κ1) is 12.6. The van der Waals surface area contributed by atoms with E-state index >= 15 is 0 Å². The maximum absolute atomic E-state index is 13.2. The number of imidazole rings is 1.